The lowest BCUT2D eigenvalue weighted by Gasteiger charge is -2.24. The first-order valence-corrected chi connectivity index (χ1v) is 8.18. The molecular weight excluding hydrogens is 356 g/mol. The number of carbonyl (C=O) groups is 1. The van der Waals surface area contributed by atoms with Crippen LogP contribution in [0.5, 0.6) is 5.75 Å². The molecule has 23 heavy (non-hydrogen) atoms. The lowest BCUT2D eigenvalue weighted by Crippen LogP contribution is -2.39. The summed E-state index contributed by atoms with van der Waals surface area (Å²) in [4.78, 5) is 14.4. The molecule has 0 aromatic heterocycles. The van der Waals surface area contributed by atoms with Gasteiger partial charge in [-0.2, -0.15) is 0 Å². The molecule has 0 radical (unpaired) electrons. The van der Waals surface area contributed by atoms with Crippen LogP contribution in [-0.2, 0) is 11.3 Å². The van der Waals surface area contributed by atoms with E-state index in [1.807, 2.05) is 61.3 Å². The number of hydrogen-bond donors (Lipinski definition) is 1. The molecule has 0 aliphatic carbocycles. The fraction of sp³-hybridized carbons (Fsp3) is 0.278. The normalized spacial score (nSPS) is 12.0. The van der Waals surface area contributed by atoms with Gasteiger partial charge in [0.1, 0.15) is 5.75 Å². The van der Waals surface area contributed by atoms with Gasteiger partial charge in [0, 0.05) is 22.8 Å². The van der Waals surface area contributed by atoms with Gasteiger partial charge in [0.05, 0.1) is 13.2 Å². The summed E-state index contributed by atoms with van der Waals surface area (Å²) < 4.78 is 6.22. The van der Waals surface area contributed by atoms with Crippen LogP contribution in [0.25, 0.3) is 0 Å². The van der Waals surface area contributed by atoms with Gasteiger partial charge in [-0.05, 0) is 43.8 Å². The first-order valence-electron chi connectivity index (χ1n) is 7.39. The van der Waals surface area contributed by atoms with E-state index in [-0.39, 0.29) is 11.9 Å². The third-order valence-corrected chi connectivity index (χ3v) is 4.25. The van der Waals surface area contributed by atoms with Crippen LogP contribution in [0.2, 0.25) is 0 Å². The van der Waals surface area contributed by atoms with Crippen LogP contribution < -0.4 is 10.1 Å². The molecule has 0 spiro atoms. The van der Waals surface area contributed by atoms with Gasteiger partial charge in [0.15, 0.2) is 0 Å². The van der Waals surface area contributed by atoms with Crippen LogP contribution >= 0.6 is 15.9 Å². The van der Waals surface area contributed by atoms with Gasteiger partial charge in [-0.25, -0.2) is 0 Å². The second kappa shape index (κ2) is 8.13. The molecule has 2 aromatic carbocycles. The van der Waals surface area contributed by atoms with Crippen molar-refractivity contribution in [3.63, 3.8) is 0 Å². The molecule has 1 atom stereocenters. The maximum Gasteiger partial charge on any atom is 0.241 e. The average Bonchev–Trinajstić information content (AvgIpc) is 2.56. The maximum atomic E-state index is 12.4. The Morgan fingerprint density at radius 2 is 1.96 bits per heavy atom. The van der Waals surface area contributed by atoms with Crippen LogP contribution in [-0.4, -0.2) is 31.0 Å². The number of anilines is 1. The van der Waals surface area contributed by atoms with Crippen molar-refractivity contribution in [2.75, 3.05) is 19.5 Å². The van der Waals surface area contributed by atoms with Gasteiger partial charge in [-0.15, -0.1) is 0 Å². The molecule has 0 aliphatic heterocycles. The van der Waals surface area contributed by atoms with Crippen LogP contribution in [0.4, 0.5) is 5.69 Å². The molecule has 1 N–H and O–H groups in total. The van der Waals surface area contributed by atoms with E-state index < -0.39 is 0 Å². The summed E-state index contributed by atoms with van der Waals surface area (Å²) in [5, 5.41) is 2.92. The molecule has 0 fully saturated rings. The standard InChI is InChI=1S/C18H21BrN2O2/c1-13(21(2)12-14-7-9-15(19)10-8-14)18(22)20-16-5-4-6-17(11-16)23-3/h4-11,13H,12H2,1-3H3,(H,20,22)/t13-/m1/s1. The minimum absolute atomic E-state index is 0.0436. The molecule has 0 saturated carbocycles. The van der Waals surface area contributed by atoms with E-state index in [0.717, 1.165) is 21.5 Å². The predicted octanol–water partition coefficient (Wildman–Crippen LogP) is 3.92. The summed E-state index contributed by atoms with van der Waals surface area (Å²) in [6.07, 6.45) is 0. The monoisotopic (exact) mass is 376 g/mol. The molecule has 122 valence electrons. The Morgan fingerprint density at radius 3 is 2.61 bits per heavy atom. The topological polar surface area (TPSA) is 41.6 Å². The third kappa shape index (κ3) is 5.08. The highest BCUT2D eigenvalue weighted by atomic mass is 79.9. The summed E-state index contributed by atoms with van der Waals surface area (Å²) in [5.41, 5.74) is 1.90. The number of methoxy groups -OCH3 is 1. The maximum absolute atomic E-state index is 12.4. The molecule has 5 heteroatoms. The molecule has 2 rings (SSSR count). The minimum atomic E-state index is -0.246. The summed E-state index contributed by atoms with van der Waals surface area (Å²) >= 11 is 3.42. The smallest absolute Gasteiger partial charge is 0.241 e. The molecule has 1 amide bonds. The number of ether oxygens (including phenoxy) is 1. The number of amides is 1. The van der Waals surface area contributed by atoms with Crippen LogP contribution in [0.1, 0.15) is 12.5 Å². The third-order valence-electron chi connectivity index (χ3n) is 3.72. The number of carbonyl (C=O) groups excluding carboxylic acids is 1. The Kier molecular flexibility index (Phi) is 6.19. The van der Waals surface area contributed by atoms with Gasteiger partial charge in [0.25, 0.3) is 0 Å². The van der Waals surface area contributed by atoms with Crippen molar-refractivity contribution in [1.82, 2.24) is 4.90 Å². The number of halogens is 1. The highest BCUT2D eigenvalue weighted by Gasteiger charge is 2.18. The zero-order chi connectivity index (χ0) is 16.8. The quantitative estimate of drug-likeness (QED) is 0.830. The van der Waals surface area contributed by atoms with Gasteiger partial charge in [-0.1, -0.05) is 34.1 Å². The summed E-state index contributed by atoms with van der Waals surface area (Å²) in [6.45, 7) is 2.61. The number of nitrogens with one attached hydrogen (secondary N) is 1. The van der Waals surface area contributed by atoms with Crippen molar-refractivity contribution in [1.29, 1.82) is 0 Å². The number of likely N-dealkylation sites (N-methyl/N-ethyl adjacent to an activating group) is 1. The molecule has 2 aromatic rings. The molecule has 0 unspecified atom stereocenters. The summed E-state index contributed by atoms with van der Waals surface area (Å²) in [5.74, 6) is 0.677. The Morgan fingerprint density at radius 1 is 1.26 bits per heavy atom. The largest absolute Gasteiger partial charge is 0.497 e. The van der Waals surface area contributed by atoms with E-state index in [1.165, 1.54) is 0 Å². The lowest BCUT2D eigenvalue weighted by atomic mass is 10.2. The Balaban J connectivity index is 1.96. The summed E-state index contributed by atoms with van der Waals surface area (Å²) in [6, 6.07) is 15.2. The van der Waals surface area contributed by atoms with Crippen molar-refractivity contribution >= 4 is 27.5 Å². The molecule has 0 bridgehead atoms. The minimum Gasteiger partial charge on any atom is -0.497 e. The second-order valence-corrected chi connectivity index (χ2v) is 6.35. The lowest BCUT2D eigenvalue weighted by molar-refractivity contribution is -0.120. The Bertz CT molecular complexity index is 658. The van der Waals surface area contributed by atoms with Crippen LogP contribution in [0.15, 0.2) is 53.0 Å². The van der Waals surface area contributed by atoms with E-state index in [1.54, 1.807) is 13.2 Å². The highest BCUT2D eigenvalue weighted by molar-refractivity contribution is 9.10. The van der Waals surface area contributed by atoms with E-state index in [9.17, 15) is 4.79 Å². The van der Waals surface area contributed by atoms with Crippen LogP contribution in [0.3, 0.4) is 0 Å². The van der Waals surface area contributed by atoms with Crippen molar-refractivity contribution < 1.29 is 9.53 Å². The zero-order valence-electron chi connectivity index (χ0n) is 13.5. The Hall–Kier alpha value is -1.85. The zero-order valence-corrected chi connectivity index (χ0v) is 15.1. The fourth-order valence-corrected chi connectivity index (χ4v) is 2.43. The number of benzene rings is 2. The van der Waals surface area contributed by atoms with Crippen molar-refractivity contribution in [2.24, 2.45) is 0 Å². The number of hydrogen-bond acceptors (Lipinski definition) is 3. The van der Waals surface area contributed by atoms with E-state index in [4.69, 9.17) is 4.74 Å². The van der Waals surface area contributed by atoms with Crippen molar-refractivity contribution in [2.45, 2.75) is 19.5 Å². The Labute approximate surface area is 145 Å². The van der Waals surface area contributed by atoms with Crippen molar-refractivity contribution in [3.8, 4) is 5.75 Å². The molecule has 0 heterocycles. The van der Waals surface area contributed by atoms with E-state index in [0.29, 0.717) is 6.54 Å². The number of rotatable bonds is 6. The molecular formula is C18H21BrN2O2. The van der Waals surface area contributed by atoms with Crippen LogP contribution in [0, 0.1) is 0 Å². The van der Waals surface area contributed by atoms with Gasteiger partial charge >= 0.3 is 0 Å². The average molecular weight is 377 g/mol. The first kappa shape index (κ1) is 17.5. The van der Waals surface area contributed by atoms with Crippen molar-refractivity contribution in [3.05, 3.63) is 58.6 Å². The first-order chi connectivity index (χ1) is 11.0. The number of nitrogens with zero attached hydrogens (tertiary/aromatic N) is 1. The van der Waals surface area contributed by atoms with Gasteiger partial charge in [0.2, 0.25) is 5.91 Å². The second-order valence-electron chi connectivity index (χ2n) is 5.44. The molecule has 0 saturated heterocycles. The SMILES string of the molecule is COc1cccc(NC(=O)[C@@H](C)N(C)Cc2ccc(Br)cc2)c1. The van der Waals surface area contributed by atoms with E-state index in [2.05, 4.69) is 21.2 Å². The molecule has 0 aliphatic rings. The van der Waals surface area contributed by atoms with Gasteiger partial charge in [-0.3, -0.25) is 9.69 Å². The predicted molar refractivity (Wildman–Crippen MR) is 96.7 cm³/mol. The van der Waals surface area contributed by atoms with Gasteiger partial charge < -0.3 is 10.1 Å². The fourth-order valence-electron chi connectivity index (χ4n) is 2.16. The van der Waals surface area contributed by atoms with E-state index >= 15 is 0 Å². The molecule has 4 nitrogen and oxygen atoms in total. The highest BCUT2D eigenvalue weighted by Crippen LogP contribution is 2.18. The summed E-state index contributed by atoms with van der Waals surface area (Å²) in [7, 11) is 3.55.